The molecule has 0 amide bonds. The van der Waals surface area contributed by atoms with Gasteiger partial charge in [0.2, 0.25) is 0 Å². The average molecular weight is 256 g/mol. The minimum absolute atomic E-state index is 0.346. The van der Waals surface area contributed by atoms with Crippen molar-refractivity contribution in [3.63, 3.8) is 0 Å². The van der Waals surface area contributed by atoms with E-state index in [0.717, 1.165) is 0 Å². The van der Waals surface area contributed by atoms with E-state index in [-0.39, 0.29) is 6.10 Å². The van der Waals surface area contributed by atoms with Crippen molar-refractivity contribution in [3.05, 3.63) is 30.3 Å². The van der Waals surface area contributed by atoms with Crippen LogP contribution in [0.5, 0.6) is 5.75 Å². The maximum Gasteiger partial charge on any atom is 0.312 e. The summed E-state index contributed by atoms with van der Waals surface area (Å²) in [4.78, 5) is 0. The molecule has 0 radical (unpaired) electrons. The fourth-order valence-electron chi connectivity index (χ4n) is 2.01. The third-order valence-electron chi connectivity index (χ3n) is 3.01. The molecule has 1 aliphatic carbocycles. The summed E-state index contributed by atoms with van der Waals surface area (Å²) in [5.41, 5.74) is 0. The Hall–Kier alpha value is -1.07. The molecule has 1 aromatic carbocycles. The number of hydrogen-bond acceptors (Lipinski definition) is 4. The fraction of sp³-hybridized carbons (Fsp3) is 0.500. The summed E-state index contributed by atoms with van der Waals surface area (Å²) < 4.78 is 29.0. The van der Waals surface area contributed by atoms with E-state index in [1.807, 2.05) is 0 Å². The van der Waals surface area contributed by atoms with Crippen molar-refractivity contribution in [2.45, 2.75) is 37.0 Å². The van der Waals surface area contributed by atoms with Gasteiger partial charge in [-0.05, 0) is 37.8 Å². The van der Waals surface area contributed by atoms with E-state index >= 15 is 0 Å². The van der Waals surface area contributed by atoms with E-state index in [4.69, 9.17) is 4.18 Å². The monoisotopic (exact) mass is 256 g/mol. The van der Waals surface area contributed by atoms with Crippen molar-refractivity contribution in [2.75, 3.05) is 0 Å². The van der Waals surface area contributed by atoms with Crippen LogP contribution in [-0.4, -0.2) is 24.9 Å². The van der Waals surface area contributed by atoms with Gasteiger partial charge in [-0.15, -0.1) is 0 Å². The van der Waals surface area contributed by atoms with E-state index < -0.39 is 15.4 Å². The molecule has 0 atom stereocenters. The average Bonchev–Trinajstić information content (AvgIpc) is 2.30. The number of aliphatic hydroxyl groups is 1. The van der Waals surface area contributed by atoms with Gasteiger partial charge in [0, 0.05) is 0 Å². The van der Waals surface area contributed by atoms with Crippen LogP contribution in [0, 0.1) is 0 Å². The molecule has 0 heterocycles. The Balaban J connectivity index is 2.04. The highest BCUT2D eigenvalue weighted by atomic mass is 32.2. The van der Waals surface area contributed by atoms with Gasteiger partial charge in [0.15, 0.2) is 0 Å². The molecule has 4 nitrogen and oxygen atoms in total. The largest absolute Gasteiger partial charge is 0.393 e. The Morgan fingerprint density at radius 2 is 1.65 bits per heavy atom. The van der Waals surface area contributed by atoms with Crippen molar-refractivity contribution in [2.24, 2.45) is 0 Å². The summed E-state index contributed by atoms with van der Waals surface area (Å²) >= 11 is 0. The SMILES string of the molecule is O=S(=O)(Oc1ccccc1)C1CCC(O)CC1. The Morgan fingerprint density at radius 3 is 2.24 bits per heavy atom. The summed E-state index contributed by atoms with van der Waals surface area (Å²) in [5, 5.41) is 8.85. The topological polar surface area (TPSA) is 63.6 Å². The molecule has 0 saturated heterocycles. The van der Waals surface area contributed by atoms with Gasteiger partial charge in [-0.2, -0.15) is 8.42 Å². The van der Waals surface area contributed by atoms with Crippen LogP contribution >= 0.6 is 0 Å². The number of rotatable bonds is 3. The standard InChI is InChI=1S/C12H16O4S/c13-10-6-8-12(9-7-10)17(14,15)16-11-4-2-1-3-5-11/h1-5,10,12-13H,6-9H2. The summed E-state index contributed by atoms with van der Waals surface area (Å²) in [7, 11) is -3.57. The van der Waals surface area contributed by atoms with Crippen molar-refractivity contribution in [1.82, 2.24) is 0 Å². The summed E-state index contributed by atoms with van der Waals surface area (Å²) in [6.45, 7) is 0. The van der Waals surface area contributed by atoms with E-state index in [1.165, 1.54) is 0 Å². The molecule has 0 bridgehead atoms. The third kappa shape index (κ3) is 3.20. The molecule has 1 saturated carbocycles. The van der Waals surface area contributed by atoms with E-state index in [1.54, 1.807) is 30.3 Å². The summed E-state index contributed by atoms with van der Waals surface area (Å²) in [6, 6.07) is 8.51. The minimum Gasteiger partial charge on any atom is -0.393 e. The lowest BCUT2D eigenvalue weighted by Gasteiger charge is -2.24. The van der Waals surface area contributed by atoms with Gasteiger partial charge in [-0.1, -0.05) is 18.2 Å². The van der Waals surface area contributed by atoms with Gasteiger partial charge >= 0.3 is 10.1 Å². The molecule has 0 spiro atoms. The maximum atomic E-state index is 12.0. The second-order valence-corrected chi connectivity index (χ2v) is 6.14. The number of hydrogen-bond donors (Lipinski definition) is 1. The van der Waals surface area contributed by atoms with Gasteiger partial charge in [-0.3, -0.25) is 0 Å². The van der Waals surface area contributed by atoms with Crippen molar-refractivity contribution in [1.29, 1.82) is 0 Å². The number of benzene rings is 1. The highest BCUT2D eigenvalue weighted by Crippen LogP contribution is 2.26. The third-order valence-corrected chi connectivity index (χ3v) is 4.72. The van der Waals surface area contributed by atoms with Crippen LogP contribution in [0.3, 0.4) is 0 Å². The van der Waals surface area contributed by atoms with Crippen LogP contribution in [0.2, 0.25) is 0 Å². The van der Waals surface area contributed by atoms with Crippen LogP contribution in [0.1, 0.15) is 25.7 Å². The van der Waals surface area contributed by atoms with Gasteiger partial charge in [0.05, 0.1) is 11.4 Å². The minimum atomic E-state index is -3.57. The quantitative estimate of drug-likeness (QED) is 0.836. The van der Waals surface area contributed by atoms with Crippen molar-refractivity contribution >= 4 is 10.1 Å². The smallest absolute Gasteiger partial charge is 0.312 e. The van der Waals surface area contributed by atoms with Crippen LogP contribution in [0.4, 0.5) is 0 Å². The van der Waals surface area contributed by atoms with E-state index in [9.17, 15) is 13.5 Å². The molecular formula is C12H16O4S. The first-order valence-corrected chi connectivity index (χ1v) is 7.21. The first-order chi connectivity index (χ1) is 8.08. The van der Waals surface area contributed by atoms with Gasteiger partial charge < -0.3 is 9.29 Å². The van der Waals surface area contributed by atoms with Crippen molar-refractivity contribution < 1.29 is 17.7 Å². The molecule has 0 aliphatic heterocycles. The van der Waals surface area contributed by atoms with Crippen LogP contribution in [0.15, 0.2) is 30.3 Å². The predicted octanol–water partition coefficient (Wildman–Crippen LogP) is 1.70. The molecular weight excluding hydrogens is 240 g/mol. The Kier molecular flexibility index (Phi) is 3.69. The van der Waals surface area contributed by atoms with Crippen molar-refractivity contribution in [3.8, 4) is 5.75 Å². The van der Waals surface area contributed by atoms with Gasteiger partial charge in [0.25, 0.3) is 0 Å². The molecule has 2 rings (SSSR count). The zero-order valence-electron chi connectivity index (χ0n) is 9.45. The lowest BCUT2D eigenvalue weighted by Crippen LogP contribution is -2.31. The van der Waals surface area contributed by atoms with Crippen LogP contribution in [-0.2, 0) is 10.1 Å². The number of para-hydroxylation sites is 1. The summed E-state index contributed by atoms with van der Waals surface area (Å²) in [6.07, 6.45) is 1.63. The maximum absolute atomic E-state index is 12.0. The first kappa shape index (κ1) is 12.4. The summed E-state index contributed by atoms with van der Waals surface area (Å²) in [5.74, 6) is 0.346. The Bertz CT molecular complexity index is 447. The van der Waals surface area contributed by atoms with Crippen LogP contribution < -0.4 is 4.18 Å². The molecule has 1 aliphatic rings. The predicted molar refractivity (Wildman–Crippen MR) is 64.3 cm³/mol. The normalized spacial score (nSPS) is 25.5. The molecule has 5 heteroatoms. The molecule has 1 N–H and O–H groups in total. The first-order valence-electron chi connectivity index (χ1n) is 5.74. The lowest BCUT2D eigenvalue weighted by molar-refractivity contribution is 0.130. The lowest BCUT2D eigenvalue weighted by atomic mass is 9.97. The molecule has 94 valence electrons. The highest BCUT2D eigenvalue weighted by molar-refractivity contribution is 7.87. The molecule has 1 fully saturated rings. The van der Waals surface area contributed by atoms with Gasteiger partial charge in [0.1, 0.15) is 5.75 Å². The molecule has 0 unspecified atom stereocenters. The van der Waals surface area contributed by atoms with E-state index in [2.05, 4.69) is 0 Å². The van der Waals surface area contributed by atoms with E-state index in [0.29, 0.717) is 31.4 Å². The zero-order chi connectivity index (χ0) is 12.3. The Labute approximate surface area is 101 Å². The Morgan fingerprint density at radius 1 is 1.06 bits per heavy atom. The van der Waals surface area contributed by atoms with Crippen LogP contribution in [0.25, 0.3) is 0 Å². The van der Waals surface area contributed by atoms with Gasteiger partial charge in [-0.25, -0.2) is 0 Å². The molecule has 17 heavy (non-hydrogen) atoms. The molecule has 0 aromatic heterocycles. The zero-order valence-corrected chi connectivity index (χ0v) is 10.3. The fourth-order valence-corrected chi connectivity index (χ4v) is 3.38. The molecule has 1 aromatic rings. The second kappa shape index (κ2) is 5.06. The highest BCUT2D eigenvalue weighted by Gasteiger charge is 2.31. The second-order valence-electron chi connectivity index (χ2n) is 4.32. The number of aliphatic hydroxyl groups excluding tert-OH is 1.